The van der Waals surface area contributed by atoms with Crippen molar-refractivity contribution in [1.82, 2.24) is 4.90 Å². The molecule has 1 aliphatic heterocycles. The Morgan fingerprint density at radius 2 is 1.75 bits per heavy atom. The second-order valence-corrected chi connectivity index (χ2v) is 6.23. The van der Waals surface area contributed by atoms with Crippen LogP contribution in [0.25, 0.3) is 0 Å². The number of amides is 2. The molecule has 122 valence electrons. The van der Waals surface area contributed by atoms with Gasteiger partial charge < -0.3 is 10.4 Å². The smallest absolute Gasteiger partial charge is 0.337 e. The molecule has 0 aromatic heterocycles. The first-order valence-corrected chi connectivity index (χ1v) is 8.09. The number of hydrogen-bond donors (Lipinski definition) is 2. The van der Waals surface area contributed by atoms with Crippen molar-refractivity contribution in [3.63, 3.8) is 0 Å². The molecule has 0 bridgehead atoms. The lowest BCUT2D eigenvalue weighted by Crippen LogP contribution is -2.34. The minimum absolute atomic E-state index is 0.0554. The van der Waals surface area contributed by atoms with Crippen LogP contribution in [0, 0.1) is 0 Å². The number of nitrogens with one attached hydrogen (secondary N) is 1. The van der Waals surface area contributed by atoms with Crippen LogP contribution in [-0.2, 0) is 11.3 Å². The number of carboxylic acids is 1. The number of carboxylic acid groups (broad SMARTS) is 1. The Balaban J connectivity index is 1.76. The van der Waals surface area contributed by atoms with E-state index in [2.05, 4.69) is 5.32 Å². The van der Waals surface area contributed by atoms with E-state index in [1.807, 2.05) is 30.3 Å². The number of carbonyl (C=O) groups is 3. The summed E-state index contributed by atoms with van der Waals surface area (Å²) in [6.07, 6.45) is 0. The van der Waals surface area contributed by atoms with Crippen molar-refractivity contribution in [2.75, 3.05) is 5.32 Å². The Morgan fingerprint density at radius 3 is 2.46 bits per heavy atom. The van der Waals surface area contributed by atoms with Gasteiger partial charge in [0.1, 0.15) is 0 Å². The quantitative estimate of drug-likeness (QED) is 0.868. The van der Waals surface area contributed by atoms with Gasteiger partial charge in [-0.3, -0.25) is 14.5 Å². The lowest BCUT2D eigenvalue weighted by Gasteiger charge is -2.15. The second-order valence-electron chi connectivity index (χ2n) is 5.17. The molecule has 0 spiro atoms. The third-order valence-electron chi connectivity index (χ3n) is 3.56. The number of rotatable bonds is 5. The van der Waals surface area contributed by atoms with Crippen LogP contribution in [0.3, 0.4) is 0 Å². The molecule has 1 fully saturated rings. The number of thioether (sulfide) groups is 1. The summed E-state index contributed by atoms with van der Waals surface area (Å²) >= 11 is 0.850. The van der Waals surface area contributed by atoms with Crippen molar-refractivity contribution in [3.8, 4) is 0 Å². The zero-order valence-corrected chi connectivity index (χ0v) is 13.3. The molecule has 2 amide bonds. The molecule has 1 aliphatic rings. The predicted molar refractivity (Wildman–Crippen MR) is 90.8 cm³/mol. The van der Waals surface area contributed by atoms with E-state index >= 15 is 0 Å². The first-order valence-electron chi connectivity index (χ1n) is 7.21. The molecule has 3 rings (SSSR count). The molecule has 0 aliphatic carbocycles. The molecule has 0 unspecified atom stereocenters. The fourth-order valence-electron chi connectivity index (χ4n) is 2.38. The molecule has 1 heterocycles. The molecule has 24 heavy (non-hydrogen) atoms. The number of hydrogen-bond acceptors (Lipinski definition) is 5. The number of anilines is 1. The van der Waals surface area contributed by atoms with Gasteiger partial charge in [-0.15, -0.1) is 0 Å². The zero-order chi connectivity index (χ0) is 17.1. The van der Waals surface area contributed by atoms with Crippen molar-refractivity contribution >= 4 is 34.6 Å². The number of aromatic carboxylic acids is 1. The molecular formula is C17H14N2O4S. The topological polar surface area (TPSA) is 86.7 Å². The monoisotopic (exact) mass is 342 g/mol. The van der Waals surface area contributed by atoms with Crippen LogP contribution < -0.4 is 5.32 Å². The van der Waals surface area contributed by atoms with E-state index in [-0.39, 0.29) is 23.3 Å². The molecule has 1 atom stereocenters. The molecule has 6 nitrogen and oxygen atoms in total. The van der Waals surface area contributed by atoms with E-state index in [1.165, 1.54) is 11.0 Å². The summed E-state index contributed by atoms with van der Waals surface area (Å²) in [5.41, 5.74) is 1.22. The molecule has 2 aromatic rings. The van der Waals surface area contributed by atoms with Crippen molar-refractivity contribution in [2.24, 2.45) is 0 Å². The average molecular weight is 342 g/mol. The van der Waals surface area contributed by atoms with E-state index in [0.717, 1.165) is 17.3 Å². The van der Waals surface area contributed by atoms with Crippen LogP contribution in [-0.4, -0.2) is 32.5 Å². The average Bonchev–Trinajstić information content (AvgIpc) is 2.84. The van der Waals surface area contributed by atoms with Crippen LogP contribution in [0.5, 0.6) is 0 Å². The Morgan fingerprint density at radius 1 is 1.08 bits per heavy atom. The van der Waals surface area contributed by atoms with Crippen LogP contribution in [0.4, 0.5) is 10.5 Å². The second kappa shape index (κ2) is 6.76. The number of carbonyl (C=O) groups excluding carboxylic acids is 2. The lowest BCUT2D eigenvalue weighted by molar-refractivity contribution is -0.126. The maximum Gasteiger partial charge on any atom is 0.337 e. The molecule has 2 N–H and O–H groups in total. The van der Waals surface area contributed by atoms with Crippen molar-refractivity contribution in [1.29, 1.82) is 0 Å². The first-order chi connectivity index (χ1) is 11.6. The summed E-state index contributed by atoms with van der Waals surface area (Å²) in [5.74, 6) is -1.48. The summed E-state index contributed by atoms with van der Waals surface area (Å²) in [6, 6.07) is 15.5. The Bertz CT molecular complexity index is 794. The fourth-order valence-corrected chi connectivity index (χ4v) is 3.28. The summed E-state index contributed by atoms with van der Waals surface area (Å²) in [4.78, 5) is 37.0. The van der Waals surface area contributed by atoms with Gasteiger partial charge in [0.2, 0.25) is 0 Å². The highest BCUT2D eigenvalue weighted by Gasteiger charge is 2.40. The summed E-state index contributed by atoms with van der Waals surface area (Å²) in [6.45, 7) is 0.199. The third-order valence-corrected chi connectivity index (χ3v) is 4.53. The standard InChI is InChI=1S/C17H14N2O4S/c20-15-14(18-13-9-5-4-8-12(13)16(21)22)24-17(23)19(15)10-11-6-2-1-3-7-11/h1-9,14,18H,10H2,(H,21,22)/t14-/m1/s1. The van der Waals surface area contributed by atoms with Gasteiger partial charge in [-0.1, -0.05) is 42.5 Å². The first kappa shape index (κ1) is 16.1. The van der Waals surface area contributed by atoms with E-state index < -0.39 is 11.3 Å². The SMILES string of the molecule is O=C(O)c1ccccc1N[C@@H]1SC(=O)N(Cc2ccccc2)C1=O. The van der Waals surface area contributed by atoms with Crippen molar-refractivity contribution < 1.29 is 19.5 Å². The minimum atomic E-state index is -1.10. The highest BCUT2D eigenvalue weighted by molar-refractivity contribution is 8.15. The van der Waals surface area contributed by atoms with Crippen molar-refractivity contribution in [3.05, 3.63) is 65.7 Å². The molecule has 0 saturated carbocycles. The highest BCUT2D eigenvalue weighted by Crippen LogP contribution is 2.30. The predicted octanol–water partition coefficient (Wildman–Crippen LogP) is 3.02. The van der Waals surface area contributed by atoms with Gasteiger partial charge in [-0.25, -0.2) is 4.79 Å². The maximum absolute atomic E-state index is 12.5. The Labute approximate surface area is 142 Å². The number of para-hydroxylation sites is 1. The molecular weight excluding hydrogens is 328 g/mol. The van der Waals surface area contributed by atoms with Crippen molar-refractivity contribution in [2.45, 2.75) is 11.9 Å². The minimum Gasteiger partial charge on any atom is -0.478 e. The van der Waals surface area contributed by atoms with Gasteiger partial charge in [0, 0.05) is 5.69 Å². The van der Waals surface area contributed by atoms with E-state index in [4.69, 9.17) is 0 Å². The fraction of sp³-hybridized carbons (Fsp3) is 0.118. The Hall–Kier alpha value is -2.80. The highest BCUT2D eigenvalue weighted by atomic mass is 32.2. The van der Waals surface area contributed by atoms with E-state index in [0.29, 0.717) is 5.69 Å². The Kier molecular flexibility index (Phi) is 4.52. The number of imide groups is 1. The van der Waals surface area contributed by atoms with E-state index in [1.54, 1.807) is 18.2 Å². The normalized spacial score (nSPS) is 17.2. The summed E-state index contributed by atoms with van der Waals surface area (Å²) in [7, 11) is 0. The zero-order valence-electron chi connectivity index (χ0n) is 12.5. The van der Waals surface area contributed by atoms with Gasteiger partial charge >= 0.3 is 5.97 Å². The van der Waals surface area contributed by atoms with Gasteiger partial charge in [0.15, 0.2) is 5.37 Å². The number of nitrogens with zero attached hydrogens (tertiary/aromatic N) is 1. The van der Waals surface area contributed by atoms with Gasteiger partial charge in [0.25, 0.3) is 11.1 Å². The molecule has 0 radical (unpaired) electrons. The third kappa shape index (κ3) is 3.26. The molecule has 1 saturated heterocycles. The van der Waals surface area contributed by atoms with E-state index in [9.17, 15) is 19.5 Å². The van der Waals surface area contributed by atoms with Crippen LogP contribution in [0.15, 0.2) is 54.6 Å². The summed E-state index contributed by atoms with van der Waals surface area (Å²) < 4.78 is 0. The van der Waals surface area contributed by atoms with Crippen LogP contribution in [0.2, 0.25) is 0 Å². The number of benzene rings is 2. The van der Waals surface area contributed by atoms with Gasteiger partial charge in [-0.05, 0) is 29.5 Å². The summed E-state index contributed by atoms with van der Waals surface area (Å²) in [5, 5.41) is 10.9. The van der Waals surface area contributed by atoms with Crippen LogP contribution >= 0.6 is 11.8 Å². The molecule has 2 aromatic carbocycles. The van der Waals surface area contributed by atoms with Crippen LogP contribution in [0.1, 0.15) is 15.9 Å². The van der Waals surface area contributed by atoms with Gasteiger partial charge in [-0.2, -0.15) is 0 Å². The maximum atomic E-state index is 12.5. The molecule has 7 heteroatoms. The van der Waals surface area contributed by atoms with Gasteiger partial charge in [0.05, 0.1) is 12.1 Å². The largest absolute Gasteiger partial charge is 0.478 e. The lowest BCUT2D eigenvalue weighted by atomic mass is 10.2.